The maximum atomic E-state index is 8.88. The normalized spacial score (nSPS) is 8.43. The van der Waals surface area contributed by atoms with Gasteiger partial charge in [0.05, 0.1) is 0 Å². The smallest absolute Gasteiger partial charge is 0 e. The van der Waals surface area contributed by atoms with Gasteiger partial charge in [-0.2, -0.15) is 0 Å². The molecule has 7 heavy (non-hydrogen) atoms. The van der Waals surface area contributed by atoms with Crippen molar-refractivity contribution in [3.05, 3.63) is 0 Å². The van der Waals surface area contributed by atoms with E-state index in [9.17, 15) is 0 Å². The zero-order valence-corrected chi connectivity index (χ0v) is 6.05. The second-order valence-electron chi connectivity index (χ2n) is 0.513. The van der Waals surface area contributed by atoms with E-state index in [4.69, 9.17) is 19.2 Å². The van der Waals surface area contributed by atoms with Crippen LogP contribution in [0.1, 0.15) is 0 Å². The van der Waals surface area contributed by atoms with Gasteiger partial charge in [-0.1, -0.05) is 0 Å². The van der Waals surface area contributed by atoms with Crippen LogP contribution in [-0.4, -0.2) is 52.4 Å². The first-order valence-electron chi connectivity index (χ1n) is 0.783. The van der Waals surface area contributed by atoms with E-state index in [0.717, 1.165) is 0 Å². The van der Waals surface area contributed by atoms with E-state index in [1.807, 2.05) is 0 Å². The first kappa shape index (κ1) is 16.1. The molecule has 0 spiro atoms. The van der Waals surface area contributed by atoms with Crippen molar-refractivity contribution in [2.24, 2.45) is 0 Å². The SMILES string of the molecule is O=P(O)(O)O.[CaH2].[Zr]. The Morgan fingerprint density at radius 2 is 1.14 bits per heavy atom. The van der Waals surface area contributed by atoms with Gasteiger partial charge in [-0.25, -0.2) is 4.57 Å². The van der Waals surface area contributed by atoms with Crippen LogP contribution < -0.4 is 0 Å². The van der Waals surface area contributed by atoms with E-state index < -0.39 is 7.82 Å². The molecule has 3 N–H and O–H groups in total. The minimum Gasteiger partial charge on any atom is 0 e. The van der Waals surface area contributed by atoms with Gasteiger partial charge in [0, 0.05) is 26.2 Å². The molecule has 4 nitrogen and oxygen atoms in total. The van der Waals surface area contributed by atoms with Gasteiger partial charge in [-0.05, 0) is 0 Å². The molecule has 0 amide bonds. The molecule has 0 heterocycles. The zero-order chi connectivity index (χ0) is 4.50. The standard InChI is InChI=1S/Ca.H3O4P.Zr.2H/c;1-5(2,3)4;;;/h;(H3,1,2,3,4);;;. The molecule has 0 aromatic rings. The Balaban J connectivity index is -0.0000000800. The molecule has 0 atom stereocenters. The molecule has 0 unspecified atom stereocenters. The molecule has 0 fully saturated rings. The van der Waals surface area contributed by atoms with E-state index in [-0.39, 0.29) is 63.9 Å². The predicted molar refractivity (Wildman–Crippen MR) is 22.8 cm³/mol. The van der Waals surface area contributed by atoms with Crippen molar-refractivity contribution in [3.8, 4) is 0 Å². The summed E-state index contributed by atoms with van der Waals surface area (Å²) in [4.78, 5) is 21.6. The van der Waals surface area contributed by atoms with Crippen molar-refractivity contribution in [1.82, 2.24) is 0 Å². The fourth-order valence-electron chi connectivity index (χ4n) is 0. The first-order valence-corrected chi connectivity index (χ1v) is 2.35. The summed E-state index contributed by atoms with van der Waals surface area (Å²) in [6, 6.07) is 0. The Bertz CT molecular complexity index is 57.8. The molecule has 0 rings (SSSR count). The fraction of sp³-hybridized carbons (Fsp3) is 0. The topological polar surface area (TPSA) is 77.8 Å². The van der Waals surface area contributed by atoms with Gasteiger partial charge in [0.1, 0.15) is 0 Å². The predicted octanol–water partition coefficient (Wildman–Crippen LogP) is -1.85. The minimum absolute atomic E-state index is 0. The molecule has 7 heteroatoms. The van der Waals surface area contributed by atoms with E-state index >= 15 is 0 Å². The van der Waals surface area contributed by atoms with Gasteiger partial charge in [-0.3, -0.25) is 0 Å². The van der Waals surface area contributed by atoms with Crippen LogP contribution in [0.3, 0.4) is 0 Å². The number of phosphoric acid groups is 1. The Kier molecular flexibility index (Phi) is 14.7. The number of hydrogen-bond acceptors (Lipinski definition) is 1. The van der Waals surface area contributed by atoms with E-state index in [0.29, 0.717) is 0 Å². The maximum absolute atomic E-state index is 8.88. The van der Waals surface area contributed by atoms with Crippen LogP contribution in [0.5, 0.6) is 0 Å². The molecule has 0 aromatic heterocycles. The van der Waals surface area contributed by atoms with E-state index in [1.165, 1.54) is 0 Å². The van der Waals surface area contributed by atoms with Crippen LogP contribution in [-0.2, 0) is 30.8 Å². The molecular formula is H5CaO4PZr. The number of hydrogen-bond donors (Lipinski definition) is 3. The molecule has 0 saturated carbocycles. The first-order chi connectivity index (χ1) is 2.00. The average Bonchev–Trinajstić information content (AvgIpc) is 0.722. The monoisotopic (exact) mass is 230 g/mol. The summed E-state index contributed by atoms with van der Waals surface area (Å²) < 4.78 is 8.88. The van der Waals surface area contributed by atoms with Crippen LogP contribution in [0, 0.1) is 0 Å². The third kappa shape index (κ3) is 63.6. The van der Waals surface area contributed by atoms with E-state index in [2.05, 4.69) is 0 Å². The molecular weight excluding hydrogens is 226 g/mol. The van der Waals surface area contributed by atoms with Crippen molar-refractivity contribution in [3.63, 3.8) is 0 Å². The zero-order valence-electron chi connectivity index (χ0n) is 2.70. The molecule has 0 aliphatic rings. The molecule has 0 saturated heterocycles. The summed E-state index contributed by atoms with van der Waals surface area (Å²) in [5, 5.41) is 0. The summed E-state index contributed by atoms with van der Waals surface area (Å²) in [7, 11) is -4.64. The molecule has 0 aliphatic carbocycles. The Morgan fingerprint density at radius 1 is 1.14 bits per heavy atom. The van der Waals surface area contributed by atoms with Crippen LogP contribution in [0.15, 0.2) is 0 Å². The third-order valence-electron chi connectivity index (χ3n) is 0. The van der Waals surface area contributed by atoms with Crippen LogP contribution in [0.4, 0.5) is 0 Å². The second kappa shape index (κ2) is 6.37. The molecule has 0 aliphatic heterocycles. The average molecular weight is 231 g/mol. The van der Waals surface area contributed by atoms with Crippen molar-refractivity contribution in [1.29, 1.82) is 0 Å². The van der Waals surface area contributed by atoms with Gasteiger partial charge in [0.25, 0.3) is 0 Å². The molecule has 0 radical (unpaired) electrons. The minimum atomic E-state index is -4.64. The van der Waals surface area contributed by atoms with Crippen molar-refractivity contribution >= 4 is 45.6 Å². The van der Waals surface area contributed by atoms with E-state index in [1.54, 1.807) is 0 Å². The largest absolute Gasteiger partial charge is 0 e. The summed E-state index contributed by atoms with van der Waals surface area (Å²) in [6.07, 6.45) is 0. The van der Waals surface area contributed by atoms with Gasteiger partial charge in [0.2, 0.25) is 0 Å². The Hall–Kier alpha value is 2.25. The Labute approximate surface area is 89.7 Å². The summed E-state index contributed by atoms with van der Waals surface area (Å²) in [5.41, 5.74) is 0. The third-order valence-corrected chi connectivity index (χ3v) is 0. The van der Waals surface area contributed by atoms with Crippen molar-refractivity contribution < 1.29 is 45.4 Å². The van der Waals surface area contributed by atoms with Gasteiger partial charge in [-0.15, -0.1) is 0 Å². The fourth-order valence-corrected chi connectivity index (χ4v) is 0. The molecule has 40 valence electrons. The van der Waals surface area contributed by atoms with Gasteiger partial charge in [0.15, 0.2) is 0 Å². The summed E-state index contributed by atoms with van der Waals surface area (Å²) in [5.74, 6) is 0. The second-order valence-corrected chi connectivity index (χ2v) is 1.54. The van der Waals surface area contributed by atoms with Crippen LogP contribution >= 0.6 is 7.82 Å². The number of rotatable bonds is 0. The summed E-state index contributed by atoms with van der Waals surface area (Å²) in [6.45, 7) is 0. The quantitative estimate of drug-likeness (QED) is 0.338. The van der Waals surface area contributed by atoms with Gasteiger partial charge >= 0.3 is 45.6 Å². The van der Waals surface area contributed by atoms with Crippen LogP contribution in [0.25, 0.3) is 0 Å². The van der Waals surface area contributed by atoms with Crippen molar-refractivity contribution in [2.45, 2.75) is 0 Å². The Morgan fingerprint density at radius 3 is 1.14 bits per heavy atom. The summed E-state index contributed by atoms with van der Waals surface area (Å²) >= 11 is 0. The van der Waals surface area contributed by atoms with Crippen molar-refractivity contribution in [2.75, 3.05) is 0 Å². The maximum Gasteiger partial charge on any atom is 0 e. The van der Waals surface area contributed by atoms with Crippen LogP contribution in [0.2, 0.25) is 0 Å². The molecule has 0 aromatic carbocycles. The van der Waals surface area contributed by atoms with Gasteiger partial charge < -0.3 is 14.7 Å². The molecule has 0 bridgehead atoms.